The largest absolute Gasteiger partial charge is 0.496 e. The van der Waals surface area contributed by atoms with Crippen molar-refractivity contribution in [1.82, 2.24) is 20.5 Å². The summed E-state index contributed by atoms with van der Waals surface area (Å²) in [7, 11) is 1.62. The number of para-hydroxylation sites is 1. The molecule has 19 heavy (non-hydrogen) atoms. The third-order valence-corrected chi connectivity index (χ3v) is 2.59. The lowest BCUT2D eigenvalue weighted by atomic mass is 10.1. The predicted molar refractivity (Wildman–Crippen MR) is 69.8 cm³/mol. The van der Waals surface area contributed by atoms with Gasteiger partial charge >= 0.3 is 0 Å². The van der Waals surface area contributed by atoms with E-state index in [1.807, 2.05) is 24.3 Å². The smallest absolute Gasteiger partial charge is 0.288 e. The van der Waals surface area contributed by atoms with Crippen LogP contribution < -0.4 is 15.8 Å². The molecule has 0 radical (unpaired) electrons. The van der Waals surface area contributed by atoms with Crippen molar-refractivity contribution in [2.45, 2.75) is 6.42 Å². The maximum Gasteiger partial charge on any atom is 0.288 e. The Hall–Kier alpha value is -2.57. The Kier molecular flexibility index (Phi) is 3.97. The number of carbonyl (C=O) groups excluding carboxylic acids is 1. The van der Waals surface area contributed by atoms with Gasteiger partial charge in [0.2, 0.25) is 11.8 Å². The van der Waals surface area contributed by atoms with Gasteiger partial charge in [0, 0.05) is 6.54 Å². The highest BCUT2D eigenvalue weighted by molar-refractivity contribution is 5.90. The van der Waals surface area contributed by atoms with Gasteiger partial charge in [0.25, 0.3) is 5.91 Å². The predicted octanol–water partition coefficient (Wildman–Crippen LogP) is 0.368. The van der Waals surface area contributed by atoms with Crippen molar-refractivity contribution in [3.8, 4) is 5.75 Å². The summed E-state index contributed by atoms with van der Waals surface area (Å²) in [5.41, 5.74) is 6.35. The number of carbonyl (C=O) groups is 1. The summed E-state index contributed by atoms with van der Waals surface area (Å²) < 4.78 is 5.23. The first-order valence-electron chi connectivity index (χ1n) is 5.78. The fourth-order valence-corrected chi connectivity index (χ4v) is 1.68. The lowest BCUT2D eigenvalue weighted by Gasteiger charge is -2.08. The maximum atomic E-state index is 11.7. The number of methoxy groups -OCH3 is 1. The van der Waals surface area contributed by atoms with Crippen LogP contribution in [-0.2, 0) is 6.42 Å². The third-order valence-electron chi connectivity index (χ3n) is 2.59. The molecule has 1 aromatic heterocycles. The first-order chi connectivity index (χ1) is 9.20. The van der Waals surface area contributed by atoms with Gasteiger partial charge < -0.3 is 15.8 Å². The fraction of sp³-hybridized carbons (Fsp3) is 0.250. The van der Waals surface area contributed by atoms with Gasteiger partial charge in [-0.05, 0) is 18.1 Å². The Labute approximate surface area is 110 Å². The normalized spacial score (nSPS) is 10.2. The van der Waals surface area contributed by atoms with E-state index >= 15 is 0 Å². The number of nitrogens with zero attached hydrogens (tertiary/aromatic N) is 2. The molecule has 2 rings (SSSR count). The van der Waals surface area contributed by atoms with Gasteiger partial charge in [0.1, 0.15) is 5.75 Å². The van der Waals surface area contributed by atoms with Crippen LogP contribution in [0.4, 0.5) is 5.95 Å². The van der Waals surface area contributed by atoms with E-state index in [9.17, 15) is 4.79 Å². The number of hydrogen-bond donors (Lipinski definition) is 3. The number of benzene rings is 1. The number of nitrogens with two attached hydrogens (primary N) is 1. The van der Waals surface area contributed by atoms with Crippen molar-refractivity contribution >= 4 is 11.9 Å². The van der Waals surface area contributed by atoms with Gasteiger partial charge in [0.15, 0.2) is 0 Å². The van der Waals surface area contributed by atoms with Gasteiger partial charge in [-0.25, -0.2) is 0 Å². The molecule has 0 atom stereocenters. The van der Waals surface area contributed by atoms with Crippen LogP contribution in [0.15, 0.2) is 24.3 Å². The van der Waals surface area contributed by atoms with Crippen LogP contribution in [-0.4, -0.2) is 34.7 Å². The molecule has 0 unspecified atom stereocenters. The Morgan fingerprint density at radius 2 is 2.26 bits per heavy atom. The van der Waals surface area contributed by atoms with Crippen LogP contribution in [0.2, 0.25) is 0 Å². The molecule has 0 saturated heterocycles. The van der Waals surface area contributed by atoms with Crippen LogP contribution in [0.25, 0.3) is 0 Å². The second-order valence-corrected chi connectivity index (χ2v) is 3.86. The zero-order valence-electron chi connectivity index (χ0n) is 10.5. The molecule has 0 saturated carbocycles. The van der Waals surface area contributed by atoms with E-state index in [1.54, 1.807) is 7.11 Å². The monoisotopic (exact) mass is 261 g/mol. The topological polar surface area (TPSA) is 106 Å². The minimum Gasteiger partial charge on any atom is -0.496 e. The highest BCUT2D eigenvalue weighted by Crippen LogP contribution is 2.17. The van der Waals surface area contributed by atoms with Crippen molar-refractivity contribution in [2.24, 2.45) is 0 Å². The number of aromatic nitrogens is 3. The molecule has 0 fully saturated rings. The number of H-pyrrole nitrogens is 1. The zero-order valence-corrected chi connectivity index (χ0v) is 10.5. The standard InChI is InChI=1S/C12H15N5O2/c1-19-9-5-3-2-4-8(9)6-7-14-11(18)10-15-12(13)17-16-10/h2-5H,6-7H2,1H3,(H,14,18)(H3,13,15,16,17). The summed E-state index contributed by atoms with van der Waals surface area (Å²) in [6.07, 6.45) is 0.666. The van der Waals surface area contributed by atoms with Crippen molar-refractivity contribution < 1.29 is 9.53 Å². The molecule has 0 aliphatic carbocycles. The Morgan fingerprint density at radius 1 is 1.47 bits per heavy atom. The molecular weight excluding hydrogens is 246 g/mol. The number of ether oxygens (including phenoxy) is 1. The maximum absolute atomic E-state index is 11.7. The van der Waals surface area contributed by atoms with Gasteiger partial charge in [-0.1, -0.05) is 18.2 Å². The number of hydrogen-bond acceptors (Lipinski definition) is 5. The number of amides is 1. The Morgan fingerprint density at radius 3 is 2.95 bits per heavy atom. The highest BCUT2D eigenvalue weighted by atomic mass is 16.5. The highest BCUT2D eigenvalue weighted by Gasteiger charge is 2.10. The lowest BCUT2D eigenvalue weighted by Crippen LogP contribution is -2.26. The summed E-state index contributed by atoms with van der Waals surface area (Å²) >= 11 is 0. The second-order valence-electron chi connectivity index (χ2n) is 3.86. The van der Waals surface area contributed by atoms with E-state index < -0.39 is 0 Å². The molecule has 0 spiro atoms. The first kappa shape index (κ1) is 12.9. The lowest BCUT2D eigenvalue weighted by molar-refractivity contribution is 0.0944. The van der Waals surface area contributed by atoms with Gasteiger partial charge in [-0.15, -0.1) is 5.10 Å². The van der Waals surface area contributed by atoms with Crippen LogP contribution >= 0.6 is 0 Å². The van der Waals surface area contributed by atoms with E-state index in [4.69, 9.17) is 10.5 Å². The van der Waals surface area contributed by atoms with Crippen LogP contribution in [0.1, 0.15) is 16.2 Å². The van der Waals surface area contributed by atoms with E-state index in [0.29, 0.717) is 13.0 Å². The zero-order chi connectivity index (χ0) is 13.7. The van der Waals surface area contributed by atoms with Gasteiger partial charge in [0.05, 0.1) is 7.11 Å². The molecule has 1 aromatic carbocycles. The second kappa shape index (κ2) is 5.85. The fourth-order valence-electron chi connectivity index (χ4n) is 1.68. The molecule has 0 aliphatic heterocycles. The number of anilines is 1. The molecule has 0 bridgehead atoms. The SMILES string of the molecule is COc1ccccc1CCNC(=O)c1nc(N)n[nH]1. The van der Waals surface area contributed by atoms with Crippen LogP contribution in [0.3, 0.4) is 0 Å². The van der Waals surface area contributed by atoms with Crippen molar-refractivity contribution in [3.63, 3.8) is 0 Å². The minimum atomic E-state index is -0.334. The average Bonchev–Trinajstić information content (AvgIpc) is 2.86. The summed E-state index contributed by atoms with van der Waals surface area (Å²) in [4.78, 5) is 15.4. The molecule has 1 heterocycles. The molecular formula is C12H15N5O2. The van der Waals surface area contributed by atoms with E-state index in [-0.39, 0.29) is 17.7 Å². The van der Waals surface area contributed by atoms with E-state index in [2.05, 4.69) is 20.5 Å². The molecule has 4 N–H and O–H groups in total. The molecule has 0 aliphatic rings. The summed E-state index contributed by atoms with van der Waals surface area (Å²) in [5.74, 6) is 0.632. The summed E-state index contributed by atoms with van der Waals surface area (Å²) in [6, 6.07) is 7.67. The molecule has 7 heteroatoms. The first-order valence-corrected chi connectivity index (χ1v) is 5.78. The van der Waals surface area contributed by atoms with E-state index in [0.717, 1.165) is 11.3 Å². The summed E-state index contributed by atoms with van der Waals surface area (Å²) in [5, 5.41) is 8.77. The van der Waals surface area contributed by atoms with Crippen LogP contribution in [0.5, 0.6) is 5.75 Å². The molecule has 1 amide bonds. The van der Waals surface area contributed by atoms with Crippen LogP contribution in [0, 0.1) is 0 Å². The third kappa shape index (κ3) is 3.21. The number of nitrogens with one attached hydrogen (secondary N) is 2. The van der Waals surface area contributed by atoms with Crippen molar-refractivity contribution in [3.05, 3.63) is 35.7 Å². The molecule has 2 aromatic rings. The van der Waals surface area contributed by atoms with E-state index in [1.165, 1.54) is 0 Å². The number of rotatable bonds is 5. The van der Waals surface area contributed by atoms with Crippen molar-refractivity contribution in [2.75, 3.05) is 19.4 Å². The van der Waals surface area contributed by atoms with Crippen molar-refractivity contribution in [1.29, 1.82) is 0 Å². The molecule has 100 valence electrons. The minimum absolute atomic E-state index is 0.0508. The average molecular weight is 261 g/mol. The summed E-state index contributed by atoms with van der Waals surface area (Å²) in [6.45, 7) is 0.472. The van der Waals surface area contributed by atoms with Gasteiger partial charge in [-0.2, -0.15) is 4.98 Å². The Bertz CT molecular complexity index is 567. The quantitative estimate of drug-likeness (QED) is 0.721. The number of aromatic amines is 1. The Balaban J connectivity index is 1.88. The van der Waals surface area contributed by atoms with Gasteiger partial charge in [-0.3, -0.25) is 9.89 Å². The molecule has 7 nitrogen and oxygen atoms in total. The number of nitrogen functional groups attached to an aromatic ring is 1.